The van der Waals surface area contributed by atoms with Gasteiger partial charge in [-0.15, -0.1) is 0 Å². The van der Waals surface area contributed by atoms with Gasteiger partial charge in [0.15, 0.2) is 0 Å². The minimum absolute atomic E-state index is 0.143. The minimum atomic E-state index is -0.472. The molecule has 0 atom stereocenters. The van der Waals surface area contributed by atoms with Crippen LogP contribution in [0.4, 0.5) is 23.0 Å². The molecule has 7 nitrogen and oxygen atoms in total. The highest BCUT2D eigenvalue weighted by Gasteiger charge is 2.26. The first-order valence-corrected chi connectivity index (χ1v) is 7.21. The number of benzene rings is 1. The summed E-state index contributed by atoms with van der Waals surface area (Å²) in [5.41, 5.74) is 0.478. The summed E-state index contributed by atoms with van der Waals surface area (Å²) in [7, 11) is 0. The second kappa shape index (κ2) is 7.04. The second-order valence-electron chi connectivity index (χ2n) is 4.46. The van der Waals surface area contributed by atoms with Crippen LogP contribution in [0.2, 0.25) is 5.02 Å². The Bertz CT molecular complexity index is 676. The van der Waals surface area contributed by atoms with Crippen molar-refractivity contribution >= 4 is 34.6 Å². The van der Waals surface area contributed by atoms with Gasteiger partial charge in [-0.25, -0.2) is 9.97 Å². The first-order valence-electron chi connectivity index (χ1n) is 6.83. The van der Waals surface area contributed by atoms with Crippen molar-refractivity contribution in [3.05, 3.63) is 45.7 Å². The molecule has 1 heterocycles. The lowest BCUT2D eigenvalue weighted by molar-refractivity contribution is -0.383. The summed E-state index contributed by atoms with van der Waals surface area (Å²) in [6.07, 6.45) is 1.31. The van der Waals surface area contributed by atoms with Gasteiger partial charge in [-0.1, -0.05) is 17.7 Å². The summed E-state index contributed by atoms with van der Waals surface area (Å²) >= 11 is 5.93. The smallest absolute Gasteiger partial charge is 0.351 e. The van der Waals surface area contributed by atoms with E-state index in [1.165, 1.54) is 6.33 Å². The van der Waals surface area contributed by atoms with Gasteiger partial charge in [-0.2, -0.15) is 0 Å². The SMILES string of the molecule is CCN(CC)c1ncnc(Nc2cccc(Cl)c2)c1[N+](=O)[O-]. The van der Waals surface area contributed by atoms with Crippen molar-refractivity contribution in [2.75, 3.05) is 23.3 Å². The van der Waals surface area contributed by atoms with Crippen LogP contribution < -0.4 is 10.2 Å². The van der Waals surface area contributed by atoms with E-state index in [2.05, 4.69) is 15.3 Å². The van der Waals surface area contributed by atoms with Gasteiger partial charge in [0.2, 0.25) is 11.6 Å². The van der Waals surface area contributed by atoms with Crippen LogP contribution >= 0.6 is 11.6 Å². The first-order chi connectivity index (χ1) is 10.6. The maximum Gasteiger partial charge on any atom is 0.353 e. The fourth-order valence-corrected chi connectivity index (χ4v) is 2.28. The van der Waals surface area contributed by atoms with Crippen LogP contribution in [0.1, 0.15) is 13.8 Å². The van der Waals surface area contributed by atoms with E-state index in [0.29, 0.717) is 29.6 Å². The molecule has 8 heteroatoms. The molecule has 2 rings (SSSR count). The fraction of sp³-hybridized carbons (Fsp3) is 0.286. The van der Waals surface area contributed by atoms with Gasteiger partial charge in [0.05, 0.1) is 4.92 Å². The first kappa shape index (κ1) is 16.0. The number of nitrogens with zero attached hydrogens (tertiary/aromatic N) is 4. The Kier molecular flexibility index (Phi) is 5.11. The monoisotopic (exact) mass is 321 g/mol. The predicted octanol–water partition coefficient (Wildman–Crippen LogP) is 3.63. The molecule has 1 aromatic carbocycles. The number of nitro groups is 1. The second-order valence-corrected chi connectivity index (χ2v) is 4.90. The predicted molar refractivity (Wildman–Crippen MR) is 87.0 cm³/mol. The van der Waals surface area contributed by atoms with Gasteiger partial charge in [0, 0.05) is 23.8 Å². The molecule has 116 valence electrons. The molecular weight excluding hydrogens is 306 g/mol. The number of nitrogens with one attached hydrogen (secondary N) is 1. The molecule has 0 saturated carbocycles. The molecule has 1 aromatic heterocycles. The van der Waals surface area contributed by atoms with Crippen molar-refractivity contribution in [3.63, 3.8) is 0 Å². The van der Waals surface area contributed by atoms with Crippen molar-refractivity contribution in [2.24, 2.45) is 0 Å². The van der Waals surface area contributed by atoms with Crippen LogP contribution in [0.5, 0.6) is 0 Å². The van der Waals surface area contributed by atoms with Crippen molar-refractivity contribution in [3.8, 4) is 0 Å². The number of hydrogen-bond acceptors (Lipinski definition) is 6. The molecule has 0 aliphatic carbocycles. The van der Waals surface area contributed by atoms with Crippen LogP contribution in [-0.4, -0.2) is 28.0 Å². The lowest BCUT2D eigenvalue weighted by Crippen LogP contribution is -2.24. The van der Waals surface area contributed by atoms with E-state index < -0.39 is 4.92 Å². The molecule has 0 amide bonds. The summed E-state index contributed by atoms with van der Waals surface area (Å²) in [5.74, 6) is 0.443. The lowest BCUT2D eigenvalue weighted by atomic mass is 10.3. The Balaban J connectivity index is 2.47. The maximum atomic E-state index is 11.5. The highest BCUT2D eigenvalue weighted by atomic mass is 35.5. The molecule has 1 N–H and O–H groups in total. The number of aromatic nitrogens is 2. The Labute approximate surface area is 133 Å². The van der Waals surface area contributed by atoms with Crippen LogP contribution in [0.25, 0.3) is 0 Å². The number of halogens is 1. The standard InChI is InChI=1S/C14H16ClN5O2/c1-3-19(4-2)14-12(20(21)22)13(16-9-17-14)18-11-7-5-6-10(15)8-11/h5-9H,3-4H2,1-2H3,(H,16,17,18). The fourth-order valence-electron chi connectivity index (χ4n) is 2.09. The van der Waals surface area contributed by atoms with Crippen LogP contribution in [0.15, 0.2) is 30.6 Å². The molecule has 0 fully saturated rings. The third-order valence-corrected chi connectivity index (χ3v) is 3.37. The van der Waals surface area contributed by atoms with E-state index >= 15 is 0 Å². The van der Waals surface area contributed by atoms with E-state index in [9.17, 15) is 10.1 Å². The third-order valence-electron chi connectivity index (χ3n) is 3.14. The number of hydrogen-bond donors (Lipinski definition) is 1. The molecule has 2 aromatic rings. The molecule has 0 aliphatic rings. The van der Waals surface area contributed by atoms with Crippen molar-refractivity contribution in [1.82, 2.24) is 9.97 Å². The van der Waals surface area contributed by atoms with E-state index in [1.807, 2.05) is 18.7 Å². The number of anilines is 3. The highest BCUT2D eigenvalue weighted by Crippen LogP contribution is 2.33. The van der Waals surface area contributed by atoms with Gasteiger partial charge < -0.3 is 10.2 Å². The zero-order chi connectivity index (χ0) is 16.1. The van der Waals surface area contributed by atoms with E-state index in [4.69, 9.17) is 11.6 Å². The van der Waals surface area contributed by atoms with Crippen LogP contribution in [0, 0.1) is 10.1 Å². The Morgan fingerprint density at radius 3 is 2.64 bits per heavy atom. The summed E-state index contributed by atoms with van der Waals surface area (Å²) in [6, 6.07) is 6.91. The van der Waals surface area contributed by atoms with Crippen LogP contribution in [-0.2, 0) is 0 Å². The van der Waals surface area contributed by atoms with Gasteiger partial charge in [0.25, 0.3) is 0 Å². The highest BCUT2D eigenvalue weighted by molar-refractivity contribution is 6.30. The van der Waals surface area contributed by atoms with E-state index in [-0.39, 0.29) is 11.5 Å². The van der Waals surface area contributed by atoms with Crippen LogP contribution in [0.3, 0.4) is 0 Å². The van der Waals surface area contributed by atoms with Crippen molar-refractivity contribution in [1.29, 1.82) is 0 Å². The van der Waals surface area contributed by atoms with Crippen molar-refractivity contribution in [2.45, 2.75) is 13.8 Å². The molecule has 0 aliphatic heterocycles. The molecule has 0 unspecified atom stereocenters. The normalized spacial score (nSPS) is 10.3. The van der Waals surface area contributed by atoms with E-state index in [1.54, 1.807) is 24.3 Å². The average molecular weight is 322 g/mol. The zero-order valence-electron chi connectivity index (χ0n) is 12.3. The topological polar surface area (TPSA) is 84.2 Å². The van der Waals surface area contributed by atoms with Gasteiger partial charge in [-0.05, 0) is 32.0 Å². The molecule has 0 saturated heterocycles. The maximum absolute atomic E-state index is 11.5. The third kappa shape index (κ3) is 3.43. The zero-order valence-corrected chi connectivity index (χ0v) is 13.0. The molecule has 0 spiro atoms. The Morgan fingerprint density at radius 1 is 1.32 bits per heavy atom. The quantitative estimate of drug-likeness (QED) is 0.646. The summed E-state index contributed by atoms with van der Waals surface area (Å²) in [5, 5.41) is 14.9. The minimum Gasteiger partial charge on any atom is -0.351 e. The summed E-state index contributed by atoms with van der Waals surface area (Å²) < 4.78 is 0. The molecule has 22 heavy (non-hydrogen) atoms. The lowest BCUT2D eigenvalue weighted by Gasteiger charge is -2.20. The molecule has 0 radical (unpaired) electrons. The molecular formula is C14H16ClN5O2. The Hall–Kier alpha value is -2.41. The average Bonchev–Trinajstić information content (AvgIpc) is 2.48. The molecule has 0 bridgehead atoms. The van der Waals surface area contributed by atoms with Gasteiger partial charge in [-0.3, -0.25) is 10.1 Å². The van der Waals surface area contributed by atoms with E-state index in [0.717, 1.165) is 0 Å². The van der Waals surface area contributed by atoms with Crippen molar-refractivity contribution < 1.29 is 4.92 Å². The summed E-state index contributed by atoms with van der Waals surface area (Å²) in [4.78, 5) is 20.9. The van der Waals surface area contributed by atoms with Gasteiger partial charge in [0.1, 0.15) is 6.33 Å². The Morgan fingerprint density at radius 2 is 2.05 bits per heavy atom. The number of rotatable bonds is 6. The largest absolute Gasteiger partial charge is 0.353 e. The summed E-state index contributed by atoms with van der Waals surface area (Å²) in [6.45, 7) is 5.06. The van der Waals surface area contributed by atoms with Gasteiger partial charge >= 0.3 is 5.69 Å².